The number of hydrogen-bond donors (Lipinski definition) is 1. The fourth-order valence-electron chi connectivity index (χ4n) is 5.60. The highest BCUT2D eigenvalue weighted by Crippen LogP contribution is 2.40. The fourth-order valence-corrected chi connectivity index (χ4v) is 5.80. The predicted octanol–water partition coefficient (Wildman–Crippen LogP) is 5.68. The van der Waals surface area contributed by atoms with Gasteiger partial charge >= 0.3 is 0 Å². The van der Waals surface area contributed by atoms with Crippen LogP contribution in [0.25, 0.3) is 0 Å². The van der Waals surface area contributed by atoms with Crippen LogP contribution >= 0.6 is 11.6 Å². The van der Waals surface area contributed by atoms with E-state index < -0.39 is 0 Å². The molecule has 4 rings (SSSR count). The molecule has 0 aliphatic carbocycles. The summed E-state index contributed by atoms with van der Waals surface area (Å²) in [6.45, 7) is 10.6. The number of fused-ring (bicyclic) bond motifs is 1. The lowest BCUT2D eigenvalue weighted by atomic mass is 9.86. The molecular formula is C29H40ClN3O3. The maximum atomic E-state index is 11.4. The van der Waals surface area contributed by atoms with E-state index in [9.17, 15) is 4.79 Å². The molecule has 2 heterocycles. The first-order chi connectivity index (χ1) is 17.4. The standard InChI is InChI=1S/C29H40ClN3O3/c1-5-29(34)31-14-7-17-36-27-13-11-24(20(2)21(27)3)26-9-6-8-23-19-32(15-16-33(23)26)22-10-12-25(30)28(18-22)35-4/h10-13,18,23,26H,5-9,14-17,19H2,1-4H3,(H,31,34)/t23?,26-/m1/s1. The van der Waals surface area contributed by atoms with Gasteiger partial charge in [-0.05, 0) is 74.4 Å². The Morgan fingerprint density at radius 2 is 1.94 bits per heavy atom. The molecule has 2 aromatic carbocycles. The Labute approximate surface area is 220 Å². The van der Waals surface area contributed by atoms with Crippen molar-refractivity contribution in [2.45, 2.75) is 65.0 Å². The lowest BCUT2D eigenvalue weighted by Crippen LogP contribution is -2.56. The van der Waals surface area contributed by atoms with Crippen molar-refractivity contribution in [3.63, 3.8) is 0 Å². The number of rotatable bonds is 9. The van der Waals surface area contributed by atoms with Crippen LogP contribution in [-0.4, -0.2) is 56.7 Å². The summed E-state index contributed by atoms with van der Waals surface area (Å²) in [6, 6.07) is 11.5. The third-order valence-electron chi connectivity index (χ3n) is 7.80. The summed E-state index contributed by atoms with van der Waals surface area (Å²) in [4.78, 5) is 16.6. The van der Waals surface area contributed by atoms with E-state index in [4.69, 9.17) is 21.1 Å². The number of benzene rings is 2. The van der Waals surface area contributed by atoms with Crippen molar-refractivity contribution in [3.8, 4) is 11.5 Å². The zero-order valence-electron chi connectivity index (χ0n) is 22.1. The van der Waals surface area contributed by atoms with Crippen LogP contribution < -0.4 is 19.7 Å². The smallest absolute Gasteiger partial charge is 0.219 e. The minimum atomic E-state index is 0.0888. The predicted molar refractivity (Wildman–Crippen MR) is 147 cm³/mol. The molecule has 196 valence electrons. The maximum Gasteiger partial charge on any atom is 0.219 e. The van der Waals surface area contributed by atoms with E-state index in [2.05, 4.69) is 53.2 Å². The summed E-state index contributed by atoms with van der Waals surface area (Å²) in [5.41, 5.74) is 5.17. The van der Waals surface area contributed by atoms with Crippen molar-refractivity contribution in [3.05, 3.63) is 52.0 Å². The highest BCUT2D eigenvalue weighted by atomic mass is 35.5. The third kappa shape index (κ3) is 5.92. The number of methoxy groups -OCH3 is 1. The Balaban J connectivity index is 1.40. The Morgan fingerprint density at radius 3 is 2.72 bits per heavy atom. The highest BCUT2D eigenvalue weighted by molar-refractivity contribution is 6.32. The molecule has 0 radical (unpaired) electrons. The van der Waals surface area contributed by atoms with E-state index in [1.165, 1.54) is 41.6 Å². The molecule has 0 spiro atoms. The van der Waals surface area contributed by atoms with Crippen molar-refractivity contribution in [2.24, 2.45) is 0 Å². The van der Waals surface area contributed by atoms with Crippen LogP contribution in [0.5, 0.6) is 11.5 Å². The monoisotopic (exact) mass is 513 g/mol. The largest absolute Gasteiger partial charge is 0.495 e. The molecule has 36 heavy (non-hydrogen) atoms. The molecule has 2 aromatic rings. The summed E-state index contributed by atoms with van der Waals surface area (Å²) in [5, 5.41) is 3.56. The second-order valence-corrected chi connectivity index (χ2v) is 10.3. The van der Waals surface area contributed by atoms with Crippen LogP contribution in [0.4, 0.5) is 5.69 Å². The zero-order chi connectivity index (χ0) is 25.7. The van der Waals surface area contributed by atoms with Crippen molar-refractivity contribution < 1.29 is 14.3 Å². The molecule has 2 aliphatic heterocycles. The van der Waals surface area contributed by atoms with E-state index in [-0.39, 0.29) is 5.91 Å². The van der Waals surface area contributed by atoms with Crippen LogP contribution in [0.3, 0.4) is 0 Å². The van der Waals surface area contributed by atoms with Crippen molar-refractivity contribution in [2.75, 3.05) is 44.8 Å². The van der Waals surface area contributed by atoms with Gasteiger partial charge in [0.15, 0.2) is 0 Å². The van der Waals surface area contributed by atoms with Crippen molar-refractivity contribution in [1.82, 2.24) is 10.2 Å². The molecule has 0 bridgehead atoms. The fraction of sp³-hybridized carbons (Fsp3) is 0.552. The first kappa shape index (κ1) is 26.6. The minimum Gasteiger partial charge on any atom is -0.495 e. The summed E-state index contributed by atoms with van der Waals surface area (Å²) in [5.74, 6) is 1.77. The molecule has 2 fully saturated rings. The Bertz CT molecular complexity index is 1060. The summed E-state index contributed by atoms with van der Waals surface area (Å²) >= 11 is 6.25. The van der Waals surface area contributed by atoms with Gasteiger partial charge in [0, 0.05) is 56.4 Å². The summed E-state index contributed by atoms with van der Waals surface area (Å²) in [7, 11) is 1.67. The normalized spacial score (nSPS) is 20.1. The topological polar surface area (TPSA) is 54.0 Å². The lowest BCUT2D eigenvalue weighted by molar-refractivity contribution is -0.120. The van der Waals surface area contributed by atoms with Gasteiger partial charge in [-0.15, -0.1) is 0 Å². The van der Waals surface area contributed by atoms with Crippen molar-refractivity contribution >= 4 is 23.2 Å². The van der Waals surface area contributed by atoms with Gasteiger partial charge in [-0.25, -0.2) is 0 Å². The van der Waals surface area contributed by atoms with Gasteiger partial charge in [0.25, 0.3) is 0 Å². The van der Waals surface area contributed by atoms with E-state index in [0.29, 0.717) is 36.7 Å². The van der Waals surface area contributed by atoms with Crippen LogP contribution in [-0.2, 0) is 4.79 Å². The molecule has 7 heteroatoms. The lowest BCUT2D eigenvalue weighted by Gasteiger charge is -2.49. The molecule has 1 amide bonds. The number of carbonyl (C=O) groups excluding carboxylic acids is 1. The number of piperazine rings is 1. The van der Waals surface area contributed by atoms with Gasteiger partial charge in [0.05, 0.1) is 18.7 Å². The van der Waals surface area contributed by atoms with Crippen molar-refractivity contribution in [1.29, 1.82) is 0 Å². The molecule has 0 saturated carbocycles. The van der Waals surface area contributed by atoms with E-state index in [1.807, 2.05) is 13.0 Å². The SMILES string of the molecule is CCC(=O)NCCCOc1ccc([C@H]2CCCC3CN(c4ccc(Cl)c(OC)c4)CCN32)c(C)c1C. The number of carbonyl (C=O) groups is 1. The van der Waals surface area contributed by atoms with E-state index in [0.717, 1.165) is 37.6 Å². The first-order valence-corrected chi connectivity index (χ1v) is 13.6. The van der Waals surface area contributed by atoms with Crippen LogP contribution in [0.2, 0.25) is 5.02 Å². The number of nitrogens with zero attached hydrogens (tertiary/aromatic N) is 2. The molecule has 2 saturated heterocycles. The average molecular weight is 514 g/mol. The first-order valence-electron chi connectivity index (χ1n) is 13.3. The Hall–Kier alpha value is -2.44. The van der Waals surface area contributed by atoms with Gasteiger partial charge in [-0.2, -0.15) is 0 Å². The van der Waals surface area contributed by atoms with Crippen LogP contribution in [0.15, 0.2) is 30.3 Å². The maximum absolute atomic E-state index is 11.4. The molecule has 6 nitrogen and oxygen atoms in total. The second kappa shape index (κ2) is 12.2. The summed E-state index contributed by atoms with van der Waals surface area (Å²) < 4.78 is 11.5. The number of anilines is 1. The third-order valence-corrected chi connectivity index (χ3v) is 8.12. The molecule has 1 unspecified atom stereocenters. The van der Waals surface area contributed by atoms with Gasteiger partial charge in [0.2, 0.25) is 5.91 Å². The number of hydrogen-bond acceptors (Lipinski definition) is 5. The van der Waals surface area contributed by atoms with Gasteiger partial charge in [-0.1, -0.05) is 24.6 Å². The number of piperidine rings is 1. The zero-order valence-corrected chi connectivity index (χ0v) is 22.9. The quantitative estimate of drug-likeness (QED) is 0.437. The number of amides is 1. The number of ether oxygens (including phenoxy) is 2. The number of halogens is 1. The molecule has 2 aliphatic rings. The second-order valence-electron chi connectivity index (χ2n) is 9.91. The molecule has 2 atom stereocenters. The highest BCUT2D eigenvalue weighted by Gasteiger charge is 2.36. The molecule has 0 aromatic heterocycles. The average Bonchev–Trinajstić information content (AvgIpc) is 2.90. The molecular weight excluding hydrogens is 474 g/mol. The van der Waals surface area contributed by atoms with E-state index in [1.54, 1.807) is 7.11 Å². The van der Waals surface area contributed by atoms with Gasteiger partial charge in [0.1, 0.15) is 11.5 Å². The van der Waals surface area contributed by atoms with Gasteiger partial charge < -0.3 is 19.7 Å². The van der Waals surface area contributed by atoms with Crippen LogP contribution in [0.1, 0.15) is 61.8 Å². The Kier molecular flexibility index (Phi) is 9.02. The summed E-state index contributed by atoms with van der Waals surface area (Å²) in [6.07, 6.45) is 4.99. The van der Waals surface area contributed by atoms with Gasteiger partial charge in [-0.3, -0.25) is 9.69 Å². The van der Waals surface area contributed by atoms with E-state index >= 15 is 0 Å². The number of nitrogens with one attached hydrogen (secondary N) is 1. The Morgan fingerprint density at radius 1 is 1.11 bits per heavy atom. The minimum absolute atomic E-state index is 0.0888. The molecule has 1 N–H and O–H groups in total. The van der Waals surface area contributed by atoms with Crippen LogP contribution in [0, 0.1) is 13.8 Å².